The van der Waals surface area contributed by atoms with E-state index in [2.05, 4.69) is 42.2 Å². The minimum Gasteiger partial charge on any atom is -0.493 e. The van der Waals surface area contributed by atoms with E-state index >= 15 is 0 Å². The number of ether oxygens (including phenoxy) is 2. The first-order valence-electron chi connectivity index (χ1n) is 14.2. The zero-order valence-corrected chi connectivity index (χ0v) is 24.2. The third kappa shape index (κ3) is 7.51. The summed E-state index contributed by atoms with van der Waals surface area (Å²) in [6, 6.07) is 20.4. The summed E-state index contributed by atoms with van der Waals surface area (Å²) in [6.45, 7) is 2.70. The third-order valence-corrected chi connectivity index (χ3v) is 9.69. The van der Waals surface area contributed by atoms with Gasteiger partial charge in [0.25, 0.3) is 0 Å². The molecule has 7 heteroatoms. The molecule has 2 aliphatic rings. The number of aryl methyl sites for hydroxylation is 2. The highest BCUT2D eigenvalue weighted by Crippen LogP contribution is 2.36. The molecule has 41 heavy (non-hydrogen) atoms. The fraction of sp³-hybridized carbons (Fsp3) is 0.382. The number of benzene rings is 3. The molecule has 1 aliphatic heterocycles. The molecule has 0 radical (unpaired) electrons. The smallest absolute Gasteiger partial charge is 0.304 e. The van der Waals surface area contributed by atoms with Gasteiger partial charge in [0.05, 0.1) is 30.5 Å². The van der Waals surface area contributed by atoms with Crippen LogP contribution in [0.4, 0.5) is 0 Å². The van der Waals surface area contributed by atoms with Gasteiger partial charge in [-0.1, -0.05) is 36.3 Å². The van der Waals surface area contributed by atoms with Gasteiger partial charge < -0.3 is 14.6 Å². The monoisotopic (exact) mass is 572 g/mol. The molecular weight excluding hydrogens is 536 g/mol. The zero-order valence-electron chi connectivity index (χ0n) is 23.4. The number of fused-ring (bicyclic) bond motifs is 3. The van der Waals surface area contributed by atoms with E-state index in [1.54, 1.807) is 6.92 Å². The molecule has 3 aromatic rings. The van der Waals surface area contributed by atoms with Crippen LogP contribution in [0, 0.1) is 17.8 Å². The number of carboxylic acid groups (broad SMARTS) is 1. The Morgan fingerprint density at radius 1 is 0.927 bits per heavy atom. The van der Waals surface area contributed by atoms with Crippen molar-refractivity contribution in [2.75, 3.05) is 18.1 Å². The fourth-order valence-corrected chi connectivity index (χ4v) is 7.25. The molecule has 0 aromatic heterocycles. The topological polar surface area (TPSA) is 89.9 Å². The van der Waals surface area contributed by atoms with Gasteiger partial charge in [-0.15, -0.1) is 5.92 Å². The molecule has 1 heterocycles. The number of hydrogen-bond acceptors (Lipinski definition) is 5. The van der Waals surface area contributed by atoms with Crippen LogP contribution in [0.5, 0.6) is 11.5 Å². The summed E-state index contributed by atoms with van der Waals surface area (Å²) in [5, 5.41) is 9.19. The molecule has 0 saturated carbocycles. The second kappa shape index (κ2) is 12.8. The number of aliphatic carboxylic acids is 1. The van der Waals surface area contributed by atoms with Crippen LogP contribution in [-0.4, -0.2) is 37.6 Å². The second-order valence-corrected chi connectivity index (χ2v) is 13.3. The van der Waals surface area contributed by atoms with Crippen LogP contribution in [0.2, 0.25) is 0 Å². The van der Waals surface area contributed by atoms with Crippen LogP contribution in [0.25, 0.3) is 11.1 Å². The lowest BCUT2D eigenvalue weighted by atomic mass is 9.94. The lowest BCUT2D eigenvalue weighted by molar-refractivity contribution is -0.137. The first-order chi connectivity index (χ1) is 19.8. The molecule has 5 rings (SSSR count). The number of hydrogen-bond donors (Lipinski definition) is 1. The average molecular weight is 573 g/mol. The first kappa shape index (κ1) is 28.8. The highest BCUT2D eigenvalue weighted by Gasteiger charge is 2.24. The standard InChI is InChI=1S/C34H36O6S/c1-2-4-28(21-34(35)36)26-9-11-30(12-10-26)39-23-25-7-8-27-5-3-6-29-20-31(13-14-32(29)33(27)19-25)40-22-24-15-17-41(37,38)18-16-24/h7-14,19-20,24,28H,3,5-6,15-18,21-23H2,1H3,(H,35,36). The van der Waals surface area contributed by atoms with Gasteiger partial charge in [-0.05, 0) is 109 Å². The second-order valence-electron chi connectivity index (χ2n) is 11.0. The van der Waals surface area contributed by atoms with E-state index in [-0.39, 0.29) is 29.8 Å². The molecule has 0 spiro atoms. The molecule has 214 valence electrons. The van der Waals surface area contributed by atoms with E-state index in [4.69, 9.17) is 9.47 Å². The largest absolute Gasteiger partial charge is 0.493 e. The molecule has 0 amide bonds. The molecule has 1 N–H and O–H groups in total. The number of carbonyl (C=O) groups is 1. The average Bonchev–Trinajstić information content (AvgIpc) is 3.14. The minimum atomic E-state index is -2.86. The van der Waals surface area contributed by atoms with Gasteiger partial charge in [-0.3, -0.25) is 4.79 Å². The van der Waals surface area contributed by atoms with Crippen LogP contribution in [-0.2, 0) is 34.1 Å². The molecule has 3 aromatic carbocycles. The zero-order chi connectivity index (χ0) is 28.8. The van der Waals surface area contributed by atoms with Crippen molar-refractivity contribution in [1.82, 2.24) is 0 Å². The lowest BCUT2D eigenvalue weighted by Crippen LogP contribution is -2.26. The Bertz CT molecular complexity index is 1550. The Hall–Kier alpha value is -3.76. The Morgan fingerprint density at radius 3 is 2.39 bits per heavy atom. The molecule has 1 fully saturated rings. The number of carboxylic acids is 1. The van der Waals surface area contributed by atoms with Crippen molar-refractivity contribution in [1.29, 1.82) is 0 Å². The normalized spacial score (nSPS) is 16.7. The van der Waals surface area contributed by atoms with Crippen molar-refractivity contribution >= 4 is 15.8 Å². The van der Waals surface area contributed by atoms with Crippen molar-refractivity contribution in [3.63, 3.8) is 0 Å². The molecule has 1 atom stereocenters. The fourth-order valence-electron chi connectivity index (χ4n) is 5.66. The Morgan fingerprint density at radius 2 is 1.66 bits per heavy atom. The highest BCUT2D eigenvalue weighted by molar-refractivity contribution is 7.91. The van der Waals surface area contributed by atoms with Crippen LogP contribution in [0.3, 0.4) is 0 Å². The Balaban J connectivity index is 1.25. The summed E-state index contributed by atoms with van der Waals surface area (Å²) >= 11 is 0. The quantitative estimate of drug-likeness (QED) is 0.307. The van der Waals surface area contributed by atoms with Crippen LogP contribution >= 0.6 is 0 Å². The van der Waals surface area contributed by atoms with E-state index in [0.29, 0.717) is 26.1 Å². The SMILES string of the molecule is CC#CC(CC(=O)O)c1ccc(OCc2ccc3c(c2)-c2ccc(OCC4CCS(=O)(=O)CC4)cc2CCC3)cc1. The Kier molecular flexibility index (Phi) is 8.99. The van der Waals surface area contributed by atoms with E-state index in [0.717, 1.165) is 41.9 Å². The highest BCUT2D eigenvalue weighted by atomic mass is 32.2. The van der Waals surface area contributed by atoms with Crippen molar-refractivity contribution in [3.8, 4) is 34.5 Å². The van der Waals surface area contributed by atoms with Gasteiger partial charge in [0.2, 0.25) is 0 Å². The predicted octanol–water partition coefficient (Wildman–Crippen LogP) is 6.21. The van der Waals surface area contributed by atoms with Crippen molar-refractivity contribution in [2.45, 2.75) is 58.0 Å². The summed E-state index contributed by atoms with van der Waals surface area (Å²) in [5.74, 6) is 6.98. The lowest BCUT2D eigenvalue weighted by Gasteiger charge is -2.22. The van der Waals surface area contributed by atoms with Gasteiger partial charge >= 0.3 is 5.97 Å². The van der Waals surface area contributed by atoms with Gasteiger partial charge in [0.1, 0.15) is 27.9 Å². The maximum absolute atomic E-state index is 11.7. The summed E-state index contributed by atoms with van der Waals surface area (Å²) in [4.78, 5) is 11.2. The molecule has 0 bridgehead atoms. The maximum atomic E-state index is 11.7. The van der Waals surface area contributed by atoms with E-state index in [1.807, 2.05) is 30.3 Å². The van der Waals surface area contributed by atoms with Crippen LogP contribution in [0.1, 0.15) is 60.8 Å². The van der Waals surface area contributed by atoms with Gasteiger partial charge in [0.15, 0.2) is 0 Å². The number of rotatable bonds is 9. The van der Waals surface area contributed by atoms with Gasteiger partial charge in [-0.2, -0.15) is 0 Å². The van der Waals surface area contributed by atoms with Gasteiger partial charge in [-0.25, -0.2) is 8.42 Å². The predicted molar refractivity (Wildman–Crippen MR) is 160 cm³/mol. The molecule has 6 nitrogen and oxygen atoms in total. The molecule has 1 saturated heterocycles. The Labute approximate surface area is 242 Å². The summed E-state index contributed by atoms with van der Waals surface area (Å²) in [6.07, 6.45) is 4.38. The van der Waals surface area contributed by atoms with Crippen molar-refractivity contribution < 1.29 is 27.8 Å². The van der Waals surface area contributed by atoms with Crippen molar-refractivity contribution in [2.24, 2.45) is 5.92 Å². The number of sulfone groups is 1. The van der Waals surface area contributed by atoms with E-state index in [9.17, 15) is 18.3 Å². The molecule has 1 unspecified atom stereocenters. The maximum Gasteiger partial charge on any atom is 0.304 e. The summed E-state index contributed by atoms with van der Waals surface area (Å²) in [5.41, 5.74) is 7.00. The van der Waals surface area contributed by atoms with E-state index in [1.165, 1.54) is 22.3 Å². The molecule has 1 aliphatic carbocycles. The first-order valence-corrected chi connectivity index (χ1v) is 16.1. The van der Waals surface area contributed by atoms with Gasteiger partial charge in [0, 0.05) is 0 Å². The van der Waals surface area contributed by atoms with Crippen molar-refractivity contribution in [3.05, 3.63) is 82.9 Å². The molecular formula is C34H36O6S. The third-order valence-electron chi connectivity index (χ3n) is 7.98. The van der Waals surface area contributed by atoms with Crippen LogP contribution in [0.15, 0.2) is 60.7 Å². The minimum absolute atomic E-state index is 0.0296. The van der Waals surface area contributed by atoms with Crippen LogP contribution < -0.4 is 9.47 Å². The summed E-state index contributed by atoms with van der Waals surface area (Å²) in [7, 11) is -2.86. The summed E-state index contributed by atoms with van der Waals surface area (Å²) < 4.78 is 35.6. The van der Waals surface area contributed by atoms with E-state index < -0.39 is 15.8 Å².